The van der Waals surface area contributed by atoms with Crippen LogP contribution in [0, 0.1) is 13.8 Å². The number of hydrogen-bond donors (Lipinski definition) is 0. The van der Waals surface area contributed by atoms with Crippen molar-refractivity contribution in [1.82, 2.24) is 0 Å². The van der Waals surface area contributed by atoms with Crippen molar-refractivity contribution in [2.75, 3.05) is 0 Å². The van der Waals surface area contributed by atoms with Gasteiger partial charge in [0, 0.05) is 22.3 Å². The van der Waals surface area contributed by atoms with Crippen molar-refractivity contribution in [3.63, 3.8) is 0 Å². The molecule has 0 aromatic heterocycles. The molecule has 0 saturated heterocycles. The minimum atomic E-state index is 0. The van der Waals surface area contributed by atoms with Crippen LogP contribution in [0.5, 0.6) is 0 Å². The van der Waals surface area contributed by atoms with Crippen LogP contribution < -0.4 is 0 Å². The monoisotopic (exact) mass is 1470 g/mol. The largest absolute Gasteiger partial charge is 2.00 e. The molecule has 1 heterocycles. The van der Waals surface area contributed by atoms with Crippen LogP contribution in [-0.2, 0) is 42.2 Å². The quantitative estimate of drug-likeness (QED) is 0.0273. The van der Waals surface area contributed by atoms with E-state index in [1.165, 1.54) is 455 Å². The van der Waals surface area contributed by atoms with Crippen LogP contribution in [0.25, 0.3) is 16.9 Å². The zero-order chi connectivity index (χ0) is 73.9. The summed E-state index contributed by atoms with van der Waals surface area (Å²) in [6, 6.07) is 14.5. The Kier molecular flexibility index (Phi) is 78.0. The molecule has 0 amide bonds. The average Bonchev–Trinajstić information content (AvgIpc) is 1.60. The van der Waals surface area contributed by atoms with E-state index in [4.69, 9.17) is 0 Å². The molecule has 0 atom stereocenters. The summed E-state index contributed by atoms with van der Waals surface area (Å²) in [5, 5.41) is 0. The van der Waals surface area contributed by atoms with E-state index < -0.39 is 0 Å². The van der Waals surface area contributed by atoms with Crippen LogP contribution in [0.4, 0.5) is 0 Å². The Morgan fingerprint density at radius 2 is 0.359 bits per heavy atom. The van der Waals surface area contributed by atoms with Gasteiger partial charge in [-0.15, -0.1) is 0 Å². The summed E-state index contributed by atoms with van der Waals surface area (Å²) >= 11 is 0. The standard InChI is InChI=1S/C44H68N2.2C28H57.Ni/c1-7-13-19-20-21-22-28-42-41(27-18-12-6)43(39-31-35(23-14-8-2)29-36(32-39)24-15-9-3)46(45)44(42)40-33-37(25-16-10-4)30-38(34-40)26-17-11-5;2*1-3-5-7-9-11-13-15-17-19-21-23-25-27-28-26-24-22-20-18-16-14-12-10-8-6-4-2;/h29-34H,7-28H2,1-6H3;2*1,3-28H2,2H3;/q;2*-1;+2. The first-order chi connectivity index (χ1) is 50.3. The van der Waals surface area contributed by atoms with Gasteiger partial charge in [-0.2, -0.15) is 12.8 Å². The first-order valence-corrected chi connectivity index (χ1v) is 47.1. The van der Waals surface area contributed by atoms with Crippen molar-refractivity contribution >= 4 is 11.4 Å². The number of unbranched alkanes of at least 4 members (excludes halogenated alkanes) is 60. The summed E-state index contributed by atoms with van der Waals surface area (Å²) in [6.07, 6.45) is 102. The van der Waals surface area contributed by atoms with E-state index >= 15 is 0 Å². The molecule has 3 rings (SSSR count). The second kappa shape index (κ2) is 79.6. The van der Waals surface area contributed by atoms with Crippen LogP contribution >= 0.6 is 0 Å². The molecular weight excluding hydrogens is 1290 g/mol. The smallest absolute Gasteiger partial charge is 0.493 e. The summed E-state index contributed by atoms with van der Waals surface area (Å²) < 4.78 is 1.66. The van der Waals surface area contributed by atoms with E-state index in [0.717, 1.165) is 75.6 Å². The second-order valence-electron chi connectivity index (χ2n) is 32.8. The van der Waals surface area contributed by atoms with E-state index in [0.29, 0.717) is 0 Å². The van der Waals surface area contributed by atoms with Crippen LogP contribution in [-0.4, -0.2) is 4.70 Å². The van der Waals surface area contributed by atoms with Gasteiger partial charge < -0.3 is 19.4 Å². The first kappa shape index (κ1) is 101. The molecule has 1 aliphatic heterocycles. The molecule has 2 aromatic carbocycles. The second-order valence-corrected chi connectivity index (χ2v) is 32.8. The van der Waals surface area contributed by atoms with Crippen molar-refractivity contribution < 1.29 is 21.2 Å². The molecule has 0 unspecified atom stereocenters. The Bertz CT molecular complexity index is 2000. The van der Waals surface area contributed by atoms with Gasteiger partial charge in [-0.1, -0.05) is 453 Å². The zero-order valence-electron chi connectivity index (χ0n) is 71.4. The third-order valence-corrected chi connectivity index (χ3v) is 22.6. The summed E-state index contributed by atoms with van der Waals surface area (Å²) in [5.41, 5.74) is 25.5. The Labute approximate surface area is 659 Å². The normalized spacial score (nSPS) is 12.2. The third kappa shape index (κ3) is 58.6. The van der Waals surface area contributed by atoms with Crippen molar-refractivity contribution in [3.8, 4) is 0 Å². The number of benzene rings is 2. The fourth-order valence-corrected chi connectivity index (χ4v) is 15.8. The summed E-state index contributed by atoms with van der Waals surface area (Å²) in [5.74, 6) is 0. The fourth-order valence-electron chi connectivity index (χ4n) is 15.8. The Balaban J connectivity index is 0.00000159. The molecule has 602 valence electrons. The van der Waals surface area contributed by atoms with Crippen LogP contribution in [0.2, 0.25) is 0 Å². The number of aryl methyl sites for hydroxylation is 4. The maximum Gasteiger partial charge on any atom is 2.00 e. The fraction of sp³-hybridized carbons (Fsp3) is 0.820. The maximum absolute atomic E-state index is 12.5. The first-order valence-electron chi connectivity index (χ1n) is 47.1. The van der Waals surface area contributed by atoms with Gasteiger partial charge in [0.1, 0.15) is 0 Å². The van der Waals surface area contributed by atoms with Crippen LogP contribution in [0.3, 0.4) is 0 Å². The maximum atomic E-state index is 12.5. The molecule has 2 aromatic rings. The molecule has 0 radical (unpaired) electrons. The molecular formula is C100H182N2Ni. The molecule has 0 aliphatic carbocycles. The predicted octanol–water partition coefficient (Wildman–Crippen LogP) is 36.1. The SMILES string of the molecule is CCCCCCCCC1=C(c2cc(CCCC)cc(CCCC)c2)[N+](=[N-])C(c2cc(CCCC)cc(CCCC)c2)=C1CCCC.[CH2-]CCCCCCCCCCCCCCCCCCCCCCCCCCC.[CH2-]CCCCCCCCCCCCCCCCCCCCCCCCCCC.[Ni+2]. The molecule has 103 heavy (non-hydrogen) atoms. The van der Waals surface area contributed by atoms with Crippen molar-refractivity contribution in [3.05, 3.63) is 100 Å². The Morgan fingerprint density at radius 3 is 0.544 bits per heavy atom. The number of allylic oxidation sites excluding steroid dienone is 2. The molecule has 0 fully saturated rings. The van der Waals surface area contributed by atoms with E-state index in [9.17, 15) is 5.53 Å². The number of nitrogens with zero attached hydrogens (tertiary/aromatic N) is 2. The van der Waals surface area contributed by atoms with Gasteiger partial charge in [0.05, 0.1) is 0 Å². The molecule has 2 nitrogen and oxygen atoms in total. The van der Waals surface area contributed by atoms with Crippen molar-refractivity contribution in [2.24, 2.45) is 0 Å². The number of hydrogen-bond acceptors (Lipinski definition) is 0. The van der Waals surface area contributed by atoms with Gasteiger partial charge >= 0.3 is 16.5 Å². The van der Waals surface area contributed by atoms with Crippen molar-refractivity contribution in [1.29, 1.82) is 0 Å². The van der Waals surface area contributed by atoms with E-state index in [1.54, 1.807) is 4.70 Å². The molecule has 0 bridgehead atoms. The van der Waals surface area contributed by atoms with Gasteiger partial charge in [-0.05, 0) is 124 Å². The molecule has 0 saturated carbocycles. The molecule has 3 heteroatoms. The molecule has 0 N–H and O–H groups in total. The Hall–Kier alpha value is -1.99. The summed E-state index contributed by atoms with van der Waals surface area (Å²) in [4.78, 5) is 0. The van der Waals surface area contributed by atoms with Gasteiger partial charge in [0.2, 0.25) is 11.4 Å². The minimum absolute atomic E-state index is 0. The van der Waals surface area contributed by atoms with Gasteiger partial charge in [-0.25, -0.2) is 4.70 Å². The average molecular weight is 1470 g/mol. The van der Waals surface area contributed by atoms with E-state index in [-0.39, 0.29) is 16.5 Å². The zero-order valence-corrected chi connectivity index (χ0v) is 72.4. The number of rotatable bonds is 74. The van der Waals surface area contributed by atoms with E-state index in [2.05, 4.69) is 106 Å². The third-order valence-electron chi connectivity index (χ3n) is 22.6. The molecule has 0 spiro atoms. The van der Waals surface area contributed by atoms with Gasteiger partial charge in [0.15, 0.2) is 0 Å². The van der Waals surface area contributed by atoms with Gasteiger partial charge in [0.25, 0.3) is 0 Å². The van der Waals surface area contributed by atoms with Crippen LogP contribution in [0.15, 0.2) is 47.5 Å². The predicted molar refractivity (Wildman–Crippen MR) is 464 cm³/mol. The van der Waals surface area contributed by atoms with Crippen LogP contribution in [0.1, 0.15) is 538 Å². The van der Waals surface area contributed by atoms with E-state index in [1.807, 2.05) is 0 Å². The summed E-state index contributed by atoms with van der Waals surface area (Å²) in [6.45, 7) is 26.2. The van der Waals surface area contributed by atoms with Gasteiger partial charge in [-0.3, -0.25) is 0 Å². The topological polar surface area (TPSA) is 25.3 Å². The van der Waals surface area contributed by atoms with Crippen molar-refractivity contribution in [2.45, 2.75) is 531 Å². The Morgan fingerprint density at radius 1 is 0.204 bits per heavy atom. The minimum Gasteiger partial charge on any atom is -0.493 e. The summed E-state index contributed by atoms with van der Waals surface area (Å²) in [7, 11) is 0. The molecule has 1 aliphatic rings.